The van der Waals surface area contributed by atoms with Crippen LogP contribution in [0, 0.1) is 0 Å². The normalized spacial score (nSPS) is 11.3. The Hall–Kier alpha value is -0.440. The molecule has 0 aromatic heterocycles. The highest BCUT2D eigenvalue weighted by atomic mass is 32.2. The highest BCUT2D eigenvalue weighted by molar-refractivity contribution is 7.98. The summed E-state index contributed by atoms with van der Waals surface area (Å²) in [4.78, 5) is 1.94. The molecule has 0 unspecified atom stereocenters. The van der Waals surface area contributed by atoms with E-state index in [9.17, 15) is 0 Å². The maximum atomic E-state index is 4.20. The Morgan fingerprint density at radius 2 is 2.30 bits per heavy atom. The third-order valence-corrected chi connectivity index (χ3v) is 1.50. The predicted octanol–water partition coefficient (Wildman–Crippen LogP) is 1.80. The number of likely N-dealkylation sites (N-methyl/N-ethyl adjacent to an activating group) is 1. The summed E-state index contributed by atoms with van der Waals surface area (Å²) in [5, 5.41) is 0. The summed E-state index contributed by atoms with van der Waals surface area (Å²) in [5.41, 5.74) is 0. The lowest BCUT2D eigenvalue weighted by atomic mass is 10.5. The van der Waals surface area contributed by atoms with Gasteiger partial charge in [-0.3, -0.25) is 0 Å². The van der Waals surface area contributed by atoms with Crippen LogP contribution in [0.5, 0.6) is 0 Å². The third-order valence-electron chi connectivity index (χ3n) is 0.928. The van der Waals surface area contributed by atoms with Gasteiger partial charge >= 0.3 is 0 Å². The average molecular weight is 158 g/mol. The van der Waals surface area contributed by atoms with Crippen LogP contribution < -0.4 is 0 Å². The molecule has 0 amide bonds. The molecule has 0 fully saturated rings. The molecule has 0 aromatic carbocycles. The van der Waals surface area contributed by atoms with E-state index in [2.05, 4.69) is 17.9 Å². The molecule has 0 aliphatic heterocycles. The van der Waals surface area contributed by atoms with Crippen molar-refractivity contribution < 1.29 is 0 Å². The summed E-state index contributed by atoms with van der Waals surface area (Å²) in [6, 6.07) is 0. The minimum absolute atomic E-state index is 0.923. The van der Waals surface area contributed by atoms with Crippen molar-refractivity contribution in [3.63, 3.8) is 0 Å². The summed E-state index contributed by atoms with van der Waals surface area (Å²) < 4.78 is 4.20. The van der Waals surface area contributed by atoms with Crippen molar-refractivity contribution >= 4 is 17.8 Å². The van der Waals surface area contributed by atoms with Crippen LogP contribution >= 0.6 is 11.9 Å². The minimum atomic E-state index is 0.923. The van der Waals surface area contributed by atoms with Crippen molar-refractivity contribution in [3.8, 4) is 0 Å². The molecule has 0 atom stereocenters. The van der Waals surface area contributed by atoms with Crippen LogP contribution in [0.3, 0.4) is 0 Å². The summed E-state index contributed by atoms with van der Waals surface area (Å²) >= 11 is 1.54. The quantitative estimate of drug-likeness (QED) is 0.353. The third kappa shape index (κ3) is 3.56. The summed E-state index contributed by atoms with van der Waals surface area (Å²) in [6.07, 6.45) is 1.75. The minimum Gasteiger partial charge on any atom is -0.362 e. The molecule has 0 heterocycles. The first-order valence-electron chi connectivity index (χ1n) is 3.22. The number of hydrogen-bond acceptors (Lipinski definition) is 2. The van der Waals surface area contributed by atoms with E-state index in [-0.39, 0.29) is 0 Å². The molecule has 0 N–H and O–H groups in total. The number of rotatable bonds is 3. The van der Waals surface area contributed by atoms with Gasteiger partial charge in [0.1, 0.15) is 5.84 Å². The molecule has 0 spiro atoms. The first-order chi connectivity index (χ1) is 4.72. The Bertz CT molecular complexity index is 130. The van der Waals surface area contributed by atoms with Gasteiger partial charge in [-0.05, 0) is 18.0 Å². The van der Waals surface area contributed by atoms with Gasteiger partial charge in [0.2, 0.25) is 0 Å². The molecular weight excluding hydrogens is 144 g/mol. The van der Waals surface area contributed by atoms with Crippen molar-refractivity contribution in [2.75, 3.05) is 19.8 Å². The maximum absolute atomic E-state index is 4.20. The largest absolute Gasteiger partial charge is 0.362 e. The van der Waals surface area contributed by atoms with Gasteiger partial charge in [-0.15, -0.1) is 0 Å². The van der Waals surface area contributed by atoms with Crippen LogP contribution in [0.1, 0.15) is 6.92 Å². The van der Waals surface area contributed by atoms with Gasteiger partial charge in [0, 0.05) is 19.8 Å². The smallest absolute Gasteiger partial charge is 0.135 e. The van der Waals surface area contributed by atoms with Gasteiger partial charge < -0.3 is 4.90 Å². The number of amidine groups is 1. The standard InChI is InChI=1S/C7H14N2S/c1-5-7(9(3)4)8-10-6-2/h5H,1,6H2,2-4H3/b8-7+. The van der Waals surface area contributed by atoms with E-state index in [1.165, 1.54) is 0 Å². The molecule has 0 bridgehead atoms. The van der Waals surface area contributed by atoms with Crippen LogP contribution in [0.2, 0.25) is 0 Å². The van der Waals surface area contributed by atoms with E-state index >= 15 is 0 Å². The van der Waals surface area contributed by atoms with Crippen molar-refractivity contribution in [2.24, 2.45) is 4.40 Å². The van der Waals surface area contributed by atoms with Gasteiger partial charge in [-0.1, -0.05) is 13.5 Å². The SMILES string of the molecule is C=C/C(=N\SCC)N(C)C. The van der Waals surface area contributed by atoms with E-state index < -0.39 is 0 Å². The van der Waals surface area contributed by atoms with Crippen molar-refractivity contribution in [1.82, 2.24) is 4.90 Å². The van der Waals surface area contributed by atoms with Gasteiger partial charge in [-0.2, -0.15) is 4.40 Å². The second-order valence-corrected chi connectivity index (χ2v) is 2.98. The van der Waals surface area contributed by atoms with E-state index in [0.717, 1.165) is 11.6 Å². The van der Waals surface area contributed by atoms with E-state index in [0.29, 0.717) is 0 Å². The van der Waals surface area contributed by atoms with E-state index in [1.807, 2.05) is 19.0 Å². The number of nitrogens with zero attached hydrogens (tertiary/aromatic N) is 2. The van der Waals surface area contributed by atoms with E-state index in [4.69, 9.17) is 0 Å². The van der Waals surface area contributed by atoms with E-state index in [1.54, 1.807) is 18.0 Å². The topological polar surface area (TPSA) is 15.6 Å². The monoisotopic (exact) mass is 158 g/mol. The van der Waals surface area contributed by atoms with Crippen LogP contribution in [-0.2, 0) is 0 Å². The summed E-state index contributed by atoms with van der Waals surface area (Å²) in [5.74, 6) is 1.93. The first kappa shape index (κ1) is 9.56. The fourth-order valence-electron chi connectivity index (χ4n) is 0.432. The Kier molecular flexibility index (Phi) is 5.12. The lowest BCUT2D eigenvalue weighted by Gasteiger charge is -2.10. The van der Waals surface area contributed by atoms with Gasteiger partial charge in [0.05, 0.1) is 0 Å². The molecule has 2 nitrogen and oxygen atoms in total. The van der Waals surface area contributed by atoms with Crippen molar-refractivity contribution in [3.05, 3.63) is 12.7 Å². The zero-order chi connectivity index (χ0) is 7.98. The molecule has 10 heavy (non-hydrogen) atoms. The number of hydrogen-bond donors (Lipinski definition) is 0. The van der Waals surface area contributed by atoms with Crippen molar-refractivity contribution in [1.29, 1.82) is 0 Å². The van der Waals surface area contributed by atoms with Crippen LogP contribution in [0.4, 0.5) is 0 Å². The second kappa shape index (κ2) is 5.35. The lowest BCUT2D eigenvalue weighted by molar-refractivity contribution is 0.629. The fraction of sp³-hybridized carbons (Fsp3) is 0.571. The Morgan fingerprint density at radius 1 is 1.70 bits per heavy atom. The predicted molar refractivity (Wildman–Crippen MR) is 49.5 cm³/mol. The molecule has 3 heteroatoms. The summed E-state index contributed by atoms with van der Waals surface area (Å²) in [7, 11) is 3.91. The molecule has 0 rings (SSSR count). The van der Waals surface area contributed by atoms with Crippen LogP contribution in [-0.4, -0.2) is 30.6 Å². The maximum Gasteiger partial charge on any atom is 0.135 e. The van der Waals surface area contributed by atoms with Gasteiger partial charge in [-0.25, -0.2) is 0 Å². The molecule has 0 aliphatic rings. The molecule has 0 radical (unpaired) electrons. The Balaban J connectivity index is 3.91. The van der Waals surface area contributed by atoms with Crippen molar-refractivity contribution in [2.45, 2.75) is 6.92 Å². The van der Waals surface area contributed by atoms with Crippen LogP contribution in [0.15, 0.2) is 17.1 Å². The molecular formula is C7H14N2S. The average Bonchev–Trinajstić information content (AvgIpc) is 1.89. The molecule has 0 aromatic rings. The summed E-state index contributed by atoms with van der Waals surface area (Å²) in [6.45, 7) is 5.72. The fourth-order valence-corrected chi connectivity index (χ4v) is 0.931. The molecule has 0 saturated heterocycles. The highest BCUT2D eigenvalue weighted by Gasteiger charge is 1.92. The van der Waals surface area contributed by atoms with Crippen LogP contribution in [0.25, 0.3) is 0 Å². The van der Waals surface area contributed by atoms with Gasteiger partial charge in [0.15, 0.2) is 0 Å². The van der Waals surface area contributed by atoms with Gasteiger partial charge in [0.25, 0.3) is 0 Å². The lowest BCUT2D eigenvalue weighted by Crippen LogP contribution is -2.18. The Morgan fingerprint density at radius 3 is 2.60 bits per heavy atom. The zero-order valence-electron chi connectivity index (χ0n) is 6.79. The highest BCUT2D eigenvalue weighted by Crippen LogP contribution is 2.02. The molecule has 58 valence electrons. The zero-order valence-corrected chi connectivity index (χ0v) is 7.61. The molecule has 0 saturated carbocycles. The Labute approximate surface area is 67.2 Å². The first-order valence-corrected chi connectivity index (χ1v) is 4.16. The molecule has 0 aliphatic carbocycles. The second-order valence-electron chi connectivity index (χ2n) is 1.97.